The number of thiophene rings is 1. The van der Waals surface area contributed by atoms with Gasteiger partial charge in [-0.05, 0) is 67.3 Å². The average Bonchev–Trinajstić information content (AvgIpc) is 3.28. The van der Waals surface area contributed by atoms with Gasteiger partial charge in [-0.1, -0.05) is 49.7 Å². The number of rotatable bonds is 8. The van der Waals surface area contributed by atoms with Crippen molar-refractivity contribution in [2.75, 3.05) is 6.54 Å². The van der Waals surface area contributed by atoms with Gasteiger partial charge >= 0.3 is 0 Å². The molecule has 0 aliphatic heterocycles. The largest absolute Gasteiger partial charge is 0.353 e. The standard InChI is InChI=1S/C24H28N2S/c1-2-3-9-17-11-8-13-19-20(12-6-7-15-25)24(26-23(17)19)22-16-18-10-4-5-14-21(18)27-22/h4-5,8,10-11,13-14,16,26H,2-3,6-7,9,12,15,25H2,1H3. The summed E-state index contributed by atoms with van der Waals surface area (Å²) in [6.07, 6.45) is 6.90. The van der Waals surface area contributed by atoms with Gasteiger partial charge in [-0.3, -0.25) is 0 Å². The fourth-order valence-corrected chi connectivity index (χ4v) is 5.02. The van der Waals surface area contributed by atoms with Gasteiger partial charge in [0.15, 0.2) is 0 Å². The molecule has 2 nitrogen and oxygen atoms in total. The molecule has 0 atom stereocenters. The first-order valence-electron chi connectivity index (χ1n) is 10.1. The number of nitrogens with two attached hydrogens (primary N) is 1. The molecule has 0 radical (unpaired) electrons. The third kappa shape index (κ3) is 3.67. The van der Waals surface area contributed by atoms with Gasteiger partial charge in [0, 0.05) is 15.6 Å². The highest BCUT2D eigenvalue weighted by atomic mass is 32.1. The number of para-hydroxylation sites is 1. The van der Waals surface area contributed by atoms with Crippen LogP contribution in [0, 0.1) is 0 Å². The van der Waals surface area contributed by atoms with Crippen LogP contribution in [0.4, 0.5) is 0 Å². The second-order valence-corrected chi connectivity index (χ2v) is 8.40. The molecule has 4 rings (SSSR count). The van der Waals surface area contributed by atoms with E-state index < -0.39 is 0 Å². The van der Waals surface area contributed by atoms with E-state index in [9.17, 15) is 0 Å². The van der Waals surface area contributed by atoms with E-state index in [-0.39, 0.29) is 0 Å². The fraction of sp³-hybridized carbons (Fsp3) is 0.333. The van der Waals surface area contributed by atoms with E-state index in [0.717, 1.165) is 32.2 Å². The van der Waals surface area contributed by atoms with E-state index in [1.807, 2.05) is 11.3 Å². The Labute approximate surface area is 165 Å². The molecule has 27 heavy (non-hydrogen) atoms. The first kappa shape index (κ1) is 18.3. The molecule has 2 aromatic heterocycles. The fourth-order valence-electron chi connectivity index (χ4n) is 3.93. The average molecular weight is 377 g/mol. The molecule has 0 fully saturated rings. The van der Waals surface area contributed by atoms with Crippen molar-refractivity contribution in [3.05, 3.63) is 59.7 Å². The van der Waals surface area contributed by atoms with Crippen LogP contribution in [-0.4, -0.2) is 11.5 Å². The van der Waals surface area contributed by atoms with Crippen molar-refractivity contribution in [1.29, 1.82) is 0 Å². The number of unbranched alkanes of at least 4 members (excludes halogenated alkanes) is 2. The third-order valence-corrected chi connectivity index (χ3v) is 6.51. The van der Waals surface area contributed by atoms with Crippen molar-refractivity contribution >= 4 is 32.3 Å². The Morgan fingerprint density at radius 3 is 2.67 bits per heavy atom. The summed E-state index contributed by atoms with van der Waals surface area (Å²) >= 11 is 1.89. The minimum atomic E-state index is 0.766. The van der Waals surface area contributed by atoms with E-state index in [1.54, 1.807) is 0 Å². The van der Waals surface area contributed by atoms with Gasteiger partial charge in [-0.25, -0.2) is 0 Å². The number of H-pyrrole nitrogens is 1. The van der Waals surface area contributed by atoms with E-state index in [4.69, 9.17) is 5.73 Å². The molecule has 140 valence electrons. The topological polar surface area (TPSA) is 41.8 Å². The molecule has 0 saturated carbocycles. The molecular weight excluding hydrogens is 348 g/mol. The molecule has 2 aromatic carbocycles. The van der Waals surface area contributed by atoms with Crippen LogP contribution < -0.4 is 5.73 Å². The van der Waals surface area contributed by atoms with Crippen molar-refractivity contribution in [1.82, 2.24) is 4.98 Å². The smallest absolute Gasteiger partial charge is 0.0599 e. The van der Waals surface area contributed by atoms with Crippen molar-refractivity contribution in [3.63, 3.8) is 0 Å². The van der Waals surface area contributed by atoms with Crippen molar-refractivity contribution in [2.45, 2.75) is 45.4 Å². The minimum absolute atomic E-state index is 0.766. The molecule has 3 N–H and O–H groups in total. The van der Waals surface area contributed by atoms with E-state index in [1.165, 1.54) is 55.5 Å². The highest BCUT2D eigenvalue weighted by Gasteiger charge is 2.16. The zero-order chi connectivity index (χ0) is 18.6. The van der Waals surface area contributed by atoms with Gasteiger partial charge in [-0.15, -0.1) is 11.3 Å². The van der Waals surface area contributed by atoms with Crippen LogP contribution in [0.3, 0.4) is 0 Å². The molecule has 4 aromatic rings. The summed E-state index contributed by atoms with van der Waals surface area (Å²) in [6, 6.07) is 17.8. The molecule has 0 saturated heterocycles. The zero-order valence-electron chi connectivity index (χ0n) is 16.1. The first-order chi connectivity index (χ1) is 13.3. The van der Waals surface area contributed by atoms with Gasteiger partial charge in [0.25, 0.3) is 0 Å². The van der Waals surface area contributed by atoms with Crippen molar-refractivity contribution in [2.24, 2.45) is 5.73 Å². The predicted octanol–water partition coefficient (Wildman–Crippen LogP) is 6.67. The van der Waals surface area contributed by atoms with Crippen LogP contribution in [0.25, 0.3) is 31.6 Å². The molecular formula is C24H28N2S. The summed E-state index contributed by atoms with van der Waals surface area (Å²) in [5.74, 6) is 0. The van der Waals surface area contributed by atoms with Crippen molar-refractivity contribution < 1.29 is 0 Å². The Bertz CT molecular complexity index is 1010. The highest BCUT2D eigenvalue weighted by molar-refractivity contribution is 7.22. The molecule has 0 aliphatic rings. The van der Waals surface area contributed by atoms with Gasteiger partial charge in [0.05, 0.1) is 10.6 Å². The summed E-state index contributed by atoms with van der Waals surface area (Å²) in [6.45, 7) is 3.03. The van der Waals surface area contributed by atoms with E-state index in [2.05, 4.69) is 60.4 Å². The lowest BCUT2D eigenvalue weighted by molar-refractivity contribution is 0.748. The second kappa shape index (κ2) is 8.28. The Morgan fingerprint density at radius 1 is 0.963 bits per heavy atom. The van der Waals surface area contributed by atoms with Crippen LogP contribution in [0.2, 0.25) is 0 Å². The number of hydrogen-bond acceptors (Lipinski definition) is 2. The SMILES string of the molecule is CCCCc1cccc2c(CCCCN)c(-c3cc4ccccc4s3)[nH]c12. The Hall–Kier alpha value is -2.10. The van der Waals surface area contributed by atoms with Gasteiger partial charge in [-0.2, -0.15) is 0 Å². The van der Waals surface area contributed by atoms with Crippen LogP contribution in [0.1, 0.15) is 43.7 Å². The number of aromatic nitrogens is 1. The molecule has 0 aliphatic carbocycles. The van der Waals surface area contributed by atoms with Crippen LogP contribution >= 0.6 is 11.3 Å². The maximum absolute atomic E-state index is 5.75. The van der Waals surface area contributed by atoms with Crippen LogP contribution in [0.15, 0.2) is 48.5 Å². The zero-order valence-corrected chi connectivity index (χ0v) is 16.9. The maximum atomic E-state index is 5.75. The van der Waals surface area contributed by atoms with E-state index >= 15 is 0 Å². The Kier molecular flexibility index (Phi) is 5.61. The highest BCUT2D eigenvalue weighted by Crippen LogP contribution is 2.39. The number of nitrogens with one attached hydrogen (secondary N) is 1. The summed E-state index contributed by atoms with van der Waals surface area (Å²) in [7, 11) is 0. The van der Waals surface area contributed by atoms with Crippen LogP contribution in [0.5, 0.6) is 0 Å². The monoisotopic (exact) mass is 376 g/mol. The summed E-state index contributed by atoms with van der Waals surface area (Å²) < 4.78 is 1.35. The number of aromatic amines is 1. The van der Waals surface area contributed by atoms with Gasteiger partial charge in [0.1, 0.15) is 0 Å². The van der Waals surface area contributed by atoms with Crippen molar-refractivity contribution in [3.8, 4) is 10.6 Å². The summed E-state index contributed by atoms with van der Waals surface area (Å²) in [5, 5.41) is 2.73. The third-order valence-electron chi connectivity index (χ3n) is 5.38. The lowest BCUT2D eigenvalue weighted by atomic mass is 10.00. The number of aryl methyl sites for hydroxylation is 2. The molecule has 3 heteroatoms. The molecule has 0 bridgehead atoms. The first-order valence-corrected chi connectivity index (χ1v) is 10.9. The number of benzene rings is 2. The Morgan fingerprint density at radius 2 is 1.85 bits per heavy atom. The molecule has 2 heterocycles. The number of hydrogen-bond donors (Lipinski definition) is 2. The van der Waals surface area contributed by atoms with Crippen LogP contribution in [-0.2, 0) is 12.8 Å². The maximum Gasteiger partial charge on any atom is 0.0599 e. The lowest BCUT2D eigenvalue weighted by Gasteiger charge is -2.04. The Balaban J connectivity index is 1.85. The molecule has 0 unspecified atom stereocenters. The quantitative estimate of drug-likeness (QED) is 0.331. The lowest BCUT2D eigenvalue weighted by Crippen LogP contribution is -1.99. The summed E-state index contributed by atoms with van der Waals surface area (Å²) in [4.78, 5) is 5.17. The number of fused-ring (bicyclic) bond motifs is 2. The second-order valence-electron chi connectivity index (χ2n) is 7.32. The summed E-state index contributed by atoms with van der Waals surface area (Å²) in [5.41, 5.74) is 11.3. The predicted molar refractivity (Wildman–Crippen MR) is 120 cm³/mol. The van der Waals surface area contributed by atoms with E-state index in [0.29, 0.717) is 0 Å². The normalized spacial score (nSPS) is 11.6. The molecule has 0 amide bonds. The van der Waals surface area contributed by atoms with Gasteiger partial charge < -0.3 is 10.7 Å². The minimum Gasteiger partial charge on any atom is -0.353 e. The molecule has 0 spiro atoms. The van der Waals surface area contributed by atoms with Gasteiger partial charge in [0.2, 0.25) is 0 Å².